The van der Waals surface area contributed by atoms with Crippen molar-refractivity contribution in [1.29, 1.82) is 0 Å². The molecule has 0 spiro atoms. The molecule has 3 heterocycles. The summed E-state index contributed by atoms with van der Waals surface area (Å²) in [5, 5.41) is 12.6. The fourth-order valence-electron chi connectivity index (χ4n) is 2.95. The highest BCUT2D eigenvalue weighted by atomic mass is 16.5. The second-order valence-corrected chi connectivity index (χ2v) is 6.14. The lowest BCUT2D eigenvalue weighted by Crippen LogP contribution is -2.31. The van der Waals surface area contributed by atoms with E-state index in [4.69, 9.17) is 9.26 Å². The fourth-order valence-corrected chi connectivity index (χ4v) is 2.95. The van der Waals surface area contributed by atoms with Crippen LogP contribution in [0.1, 0.15) is 17.0 Å². The molecule has 1 aromatic carbocycles. The number of anilines is 1. The molecule has 0 fully saturated rings. The number of aryl methyl sites for hydroxylation is 1. The molecule has 0 atom stereocenters. The first-order valence-electron chi connectivity index (χ1n) is 8.30. The molecular weight excluding hydrogens is 320 g/mol. The van der Waals surface area contributed by atoms with Gasteiger partial charge in [-0.2, -0.15) is 4.98 Å². The number of benzene rings is 1. The minimum Gasteiger partial charge on any atom is -0.383 e. The van der Waals surface area contributed by atoms with Crippen molar-refractivity contribution in [3.63, 3.8) is 0 Å². The normalized spacial score (nSPS) is 13.9. The maximum atomic E-state index is 5.47. The van der Waals surface area contributed by atoms with Crippen LogP contribution in [0.2, 0.25) is 0 Å². The maximum absolute atomic E-state index is 5.47. The molecule has 0 unspecified atom stereocenters. The summed E-state index contributed by atoms with van der Waals surface area (Å²) in [4.78, 5) is 6.58. The van der Waals surface area contributed by atoms with Gasteiger partial charge in [0.1, 0.15) is 5.69 Å². The minimum absolute atomic E-state index is 0.521. The van der Waals surface area contributed by atoms with E-state index in [-0.39, 0.29) is 0 Å². The lowest BCUT2D eigenvalue weighted by atomic mass is 10.1. The van der Waals surface area contributed by atoms with Crippen LogP contribution in [0.5, 0.6) is 0 Å². The third-order valence-corrected chi connectivity index (χ3v) is 4.38. The van der Waals surface area contributed by atoms with E-state index in [0.29, 0.717) is 25.0 Å². The summed E-state index contributed by atoms with van der Waals surface area (Å²) in [6.45, 7) is 4.82. The molecule has 8 heteroatoms. The molecule has 1 aliphatic rings. The maximum Gasteiger partial charge on any atom is 0.324 e. The van der Waals surface area contributed by atoms with Crippen LogP contribution in [0.15, 0.2) is 28.8 Å². The second kappa shape index (κ2) is 6.64. The molecule has 0 aliphatic carbocycles. The number of nitrogens with zero attached hydrogens (tertiary/aromatic N) is 6. The Morgan fingerprint density at radius 3 is 2.88 bits per heavy atom. The van der Waals surface area contributed by atoms with Crippen LogP contribution in [0.3, 0.4) is 0 Å². The summed E-state index contributed by atoms with van der Waals surface area (Å²) >= 11 is 0. The van der Waals surface area contributed by atoms with Crippen LogP contribution in [-0.2, 0) is 24.2 Å². The first kappa shape index (κ1) is 15.8. The van der Waals surface area contributed by atoms with E-state index in [2.05, 4.69) is 27.4 Å². The first-order valence-corrected chi connectivity index (χ1v) is 8.30. The van der Waals surface area contributed by atoms with Crippen LogP contribution in [0.4, 0.5) is 6.01 Å². The van der Waals surface area contributed by atoms with Crippen molar-refractivity contribution in [2.24, 2.45) is 0 Å². The monoisotopic (exact) mass is 340 g/mol. The number of methoxy groups -OCH3 is 1. The zero-order valence-electron chi connectivity index (χ0n) is 14.3. The van der Waals surface area contributed by atoms with Gasteiger partial charge < -0.3 is 14.2 Å². The van der Waals surface area contributed by atoms with Gasteiger partial charge in [0, 0.05) is 25.6 Å². The molecular formula is C17H20N6O2. The van der Waals surface area contributed by atoms with Crippen LogP contribution in [0.25, 0.3) is 11.4 Å². The van der Waals surface area contributed by atoms with E-state index in [1.54, 1.807) is 7.11 Å². The smallest absolute Gasteiger partial charge is 0.324 e. The van der Waals surface area contributed by atoms with Crippen molar-refractivity contribution in [3.05, 3.63) is 41.2 Å². The van der Waals surface area contributed by atoms with Crippen LogP contribution in [0, 0.1) is 6.92 Å². The number of fused-ring (bicyclic) bond motifs is 1. The molecule has 0 N–H and O–H groups in total. The highest BCUT2D eigenvalue weighted by Crippen LogP contribution is 2.24. The van der Waals surface area contributed by atoms with Crippen LogP contribution < -0.4 is 4.90 Å². The number of aromatic nitrogens is 5. The minimum atomic E-state index is 0.521. The van der Waals surface area contributed by atoms with Crippen molar-refractivity contribution in [1.82, 2.24) is 25.1 Å². The van der Waals surface area contributed by atoms with Gasteiger partial charge in [-0.05, 0) is 6.92 Å². The molecule has 130 valence electrons. The number of ether oxygens (including phenoxy) is 1. The summed E-state index contributed by atoms with van der Waals surface area (Å²) in [6.07, 6.45) is 0.842. The Bertz CT molecular complexity index is 854. The highest BCUT2D eigenvalue weighted by molar-refractivity contribution is 5.56. The lowest BCUT2D eigenvalue weighted by molar-refractivity contribution is 0.181. The largest absolute Gasteiger partial charge is 0.383 e. The molecule has 0 radical (unpaired) electrons. The predicted octanol–water partition coefficient (Wildman–Crippen LogP) is 1.85. The van der Waals surface area contributed by atoms with Gasteiger partial charge in [-0.25, -0.2) is 4.68 Å². The highest BCUT2D eigenvalue weighted by Gasteiger charge is 2.25. The van der Waals surface area contributed by atoms with E-state index < -0.39 is 0 Å². The molecule has 1 aliphatic heterocycles. The lowest BCUT2D eigenvalue weighted by Gasteiger charge is -2.24. The van der Waals surface area contributed by atoms with Gasteiger partial charge in [-0.3, -0.25) is 0 Å². The summed E-state index contributed by atoms with van der Waals surface area (Å²) in [6, 6.07) is 8.60. The van der Waals surface area contributed by atoms with Gasteiger partial charge in [0.25, 0.3) is 0 Å². The average molecular weight is 340 g/mol. The molecule has 25 heavy (non-hydrogen) atoms. The first-order chi connectivity index (χ1) is 12.2. The zero-order chi connectivity index (χ0) is 17.2. The quantitative estimate of drug-likeness (QED) is 0.701. The van der Waals surface area contributed by atoms with Gasteiger partial charge in [0.15, 0.2) is 0 Å². The molecule has 0 bridgehead atoms. The Balaban J connectivity index is 1.50. The van der Waals surface area contributed by atoms with E-state index in [1.807, 2.05) is 33.8 Å². The van der Waals surface area contributed by atoms with E-state index in [1.165, 1.54) is 5.56 Å². The van der Waals surface area contributed by atoms with Crippen LogP contribution in [-0.4, -0.2) is 45.4 Å². The fraction of sp³-hybridized carbons (Fsp3) is 0.412. The van der Waals surface area contributed by atoms with E-state index in [9.17, 15) is 0 Å². The van der Waals surface area contributed by atoms with Crippen molar-refractivity contribution in [2.75, 3.05) is 25.2 Å². The summed E-state index contributed by atoms with van der Waals surface area (Å²) < 4.78 is 12.5. The Morgan fingerprint density at radius 1 is 1.24 bits per heavy atom. The molecule has 0 saturated heterocycles. The van der Waals surface area contributed by atoms with Crippen molar-refractivity contribution >= 4 is 6.01 Å². The Hall–Kier alpha value is -2.74. The Kier molecular flexibility index (Phi) is 4.19. The topological polar surface area (TPSA) is 82.1 Å². The predicted molar refractivity (Wildman–Crippen MR) is 91.1 cm³/mol. The molecule has 0 amide bonds. The van der Waals surface area contributed by atoms with Crippen LogP contribution >= 0.6 is 0 Å². The summed E-state index contributed by atoms with van der Waals surface area (Å²) in [5.41, 5.74) is 4.26. The second-order valence-electron chi connectivity index (χ2n) is 6.14. The average Bonchev–Trinajstić information content (AvgIpc) is 3.27. The third kappa shape index (κ3) is 3.12. The number of rotatable bonds is 5. The van der Waals surface area contributed by atoms with E-state index in [0.717, 1.165) is 36.5 Å². The Morgan fingerprint density at radius 2 is 2.08 bits per heavy atom. The molecule has 0 saturated carbocycles. The summed E-state index contributed by atoms with van der Waals surface area (Å²) in [7, 11) is 1.69. The number of hydrogen-bond acceptors (Lipinski definition) is 7. The molecule has 3 aromatic rings. The van der Waals surface area contributed by atoms with E-state index >= 15 is 0 Å². The van der Waals surface area contributed by atoms with Gasteiger partial charge in [0.2, 0.25) is 5.82 Å². The zero-order valence-corrected chi connectivity index (χ0v) is 14.3. The molecule has 4 rings (SSSR count). The van der Waals surface area contributed by atoms with Crippen molar-refractivity contribution in [2.45, 2.75) is 26.4 Å². The van der Waals surface area contributed by atoms with Gasteiger partial charge in [0.05, 0.1) is 25.4 Å². The SMILES string of the molecule is COCCn1nnc2c1CCN(c1nc(-c3ccc(C)cc3)no1)C2. The van der Waals surface area contributed by atoms with Gasteiger partial charge >= 0.3 is 6.01 Å². The van der Waals surface area contributed by atoms with Crippen molar-refractivity contribution < 1.29 is 9.26 Å². The van der Waals surface area contributed by atoms with Gasteiger partial charge in [-0.1, -0.05) is 40.2 Å². The molecule has 2 aromatic heterocycles. The third-order valence-electron chi connectivity index (χ3n) is 4.38. The summed E-state index contributed by atoms with van der Waals surface area (Å²) in [5.74, 6) is 0.601. The van der Waals surface area contributed by atoms with Gasteiger partial charge in [-0.15, -0.1) is 5.10 Å². The molecule has 8 nitrogen and oxygen atoms in total. The Labute approximate surface area is 145 Å². The standard InChI is InChI=1S/C17H20N6O2/c1-12-3-5-13(6-4-12)16-18-17(25-20-16)22-8-7-15-14(11-22)19-21-23(15)9-10-24-2/h3-6H,7-11H2,1-2H3. The van der Waals surface area contributed by atoms with Crippen molar-refractivity contribution in [3.8, 4) is 11.4 Å². The number of hydrogen-bond donors (Lipinski definition) is 0.